The van der Waals surface area contributed by atoms with E-state index in [1.54, 1.807) is 0 Å². The molecule has 18 heavy (non-hydrogen) atoms. The highest BCUT2D eigenvalue weighted by Crippen LogP contribution is 2.45. The van der Waals surface area contributed by atoms with E-state index in [9.17, 15) is 0 Å². The van der Waals surface area contributed by atoms with Gasteiger partial charge in [0, 0.05) is 12.5 Å². The van der Waals surface area contributed by atoms with Crippen LogP contribution in [0.5, 0.6) is 0 Å². The van der Waals surface area contributed by atoms with Crippen molar-refractivity contribution in [1.82, 2.24) is 5.48 Å². The predicted molar refractivity (Wildman–Crippen MR) is 69.9 cm³/mol. The summed E-state index contributed by atoms with van der Waals surface area (Å²) in [5, 5.41) is 0. The topological polar surface area (TPSA) is 30.5 Å². The molecular formula is C15H19NO2. The van der Waals surface area contributed by atoms with E-state index in [-0.39, 0.29) is 11.6 Å². The molecule has 0 radical (unpaired) electrons. The SMILES string of the molecule is C=CC[C@]12NOC[C@H]1CCO[C@H]2c1ccccc1. The van der Waals surface area contributed by atoms with Gasteiger partial charge in [-0.3, -0.25) is 0 Å². The Labute approximate surface area is 108 Å². The molecular weight excluding hydrogens is 226 g/mol. The fraction of sp³-hybridized carbons (Fsp3) is 0.467. The average Bonchev–Trinajstić information content (AvgIpc) is 2.83. The van der Waals surface area contributed by atoms with Gasteiger partial charge in [-0.1, -0.05) is 36.4 Å². The van der Waals surface area contributed by atoms with Crippen molar-refractivity contribution in [3.63, 3.8) is 0 Å². The van der Waals surface area contributed by atoms with E-state index in [0.29, 0.717) is 5.92 Å². The van der Waals surface area contributed by atoms with Gasteiger partial charge in [0.15, 0.2) is 0 Å². The maximum atomic E-state index is 6.04. The summed E-state index contributed by atoms with van der Waals surface area (Å²) in [6, 6.07) is 10.4. The summed E-state index contributed by atoms with van der Waals surface area (Å²) in [7, 11) is 0. The zero-order valence-electron chi connectivity index (χ0n) is 10.5. The quantitative estimate of drug-likeness (QED) is 0.830. The molecule has 1 aromatic carbocycles. The van der Waals surface area contributed by atoms with E-state index < -0.39 is 0 Å². The van der Waals surface area contributed by atoms with Crippen LogP contribution < -0.4 is 5.48 Å². The van der Waals surface area contributed by atoms with Crippen LogP contribution in [0.15, 0.2) is 43.0 Å². The summed E-state index contributed by atoms with van der Waals surface area (Å²) in [4.78, 5) is 5.52. The molecule has 2 aliphatic heterocycles. The van der Waals surface area contributed by atoms with Crippen LogP contribution in [0.25, 0.3) is 0 Å². The molecule has 3 nitrogen and oxygen atoms in total. The Hall–Kier alpha value is -1.16. The van der Waals surface area contributed by atoms with Crippen molar-refractivity contribution in [3.05, 3.63) is 48.6 Å². The zero-order chi connectivity index (χ0) is 12.4. The van der Waals surface area contributed by atoms with E-state index >= 15 is 0 Å². The highest BCUT2D eigenvalue weighted by atomic mass is 16.7. The number of rotatable bonds is 3. The summed E-state index contributed by atoms with van der Waals surface area (Å²) < 4.78 is 6.04. The first-order valence-corrected chi connectivity index (χ1v) is 6.53. The van der Waals surface area contributed by atoms with Crippen LogP contribution in [0.2, 0.25) is 0 Å². The Morgan fingerprint density at radius 3 is 3.00 bits per heavy atom. The fourth-order valence-corrected chi connectivity index (χ4v) is 3.17. The van der Waals surface area contributed by atoms with Gasteiger partial charge >= 0.3 is 0 Å². The van der Waals surface area contributed by atoms with Gasteiger partial charge in [-0.05, 0) is 18.4 Å². The second-order valence-electron chi connectivity index (χ2n) is 5.09. The van der Waals surface area contributed by atoms with Crippen LogP contribution in [-0.2, 0) is 9.57 Å². The largest absolute Gasteiger partial charge is 0.371 e. The number of benzene rings is 1. The van der Waals surface area contributed by atoms with Crippen molar-refractivity contribution >= 4 is 0 Å². The minimum Gasteiger partial charge on any atom is -0.371 e. The minimum atomic E-state index is -0.151. The fourth-order valence-electron chi connectivity index (χ4n) is 3.17. The summed E-state index contributed by atoms with van der Waals surface area (Å²) in [5.74, 6) is 0.495. The van der Waals surface area contributed by atoms with Gasteiger partial charge in [-0.15, -0.1) is 6.58 Å². The van der Waals surface area contributed by atoms with Crippen molar-refractivity contribution in [1.29, 1.82) is 0 Å². The molecule has 0 aliphatic carbocycles. The zero-order valence-corrected chi connectivity index (χ0v) is 10.5. The Morgan fingerprint density at radius 2 is 2.22 bits per heavy atom. The Morgan fingerprint density at radius 1 is 1.39 bits per heavy atom. The standard InChI is InChI=1S/C15H19NO2/c1-2-9-15-13(11-18-16-15)8-10-17-14(15)12-6-4-3-5-7-12/h2-7,13-14,16H,1,8-11H2/t13-,14+,15+/m1/s1. The summed E-state index contributed by atoms with van der Waals surface area (Å²) in [6.45, 7) is 5.45. The van der Waals surface area contributed by atoms with Crippen molar-refractivity contribution in [2.75, 3.05) is 13.2 Å². The molecule has 3 rings (SSSR count). The van der Waals surface area contributed by atoms with Crippen LogP contribution in [0.4, 0.5) is 0 Å². The molecule has 0 spiro atoms. The van der Waals surface area contributed by atoms with Gasteiger partial charge in [0.25, 0.3) is 0 Å². The summed E-state index contributed by atoms with van der Waals surface area (Å²) >= 11 is 0. The van der Waals surface area contributed by atoms with Crippen LogP contribution in [0, 0.1) is 5.92 Å². The monoisotopic (exact) mass is 245 g/mol. The molecule has 96 valence electrons. The molecule has 0 unspecified atom stereocenters. The van der Waals surface area contributed by atoms with Crippen LogP contribution in [0.3, 0.4) is 0 Å². The van der Waals surface area contributed by atoms with Crippen molar-refractivity contribution in [3.8, 4) is 0 Å². The van der Waals surface area contributed by atoms with Gasteiger partial charge in [0.2, 0.25) is 0 Å². The Bertz CT molecular complexity index is 420. The minimum absolute atomic E-state index is 0.0398. The Kier molecular flexibility index (Phi) is 3.20. The Balaban J connectivity index is 1.98. The van der Waals surface area contributed by atoms with E-state index in [4.69, 9.17) is 9.57 Å². The number of hydroxylamine groups is 1. The number of fused-ring (bicyclic) bond motifs is 1. The van der Waals surface area contributed by atoms with Crippen LogP contribution in [0.1, 0.15) is 24.5 Å². The molecule has 2 aliphatic rings. The molecule has 3 heteroatoms. The molecule has 1 N–H and O–H groups in total. The van der Waals surface area contributed by atoms with Crippen LogP contribution >= 0.6 is 0 Å². The average molecular weight is 245 g/mol. The maximum Gasteiger partial charge on any atom is 0.103 e. The molecule has 1 aromatic rings. The summed E-state index contributed by atoms with van der Waals surface area (Å²) in [6.07, 6.45) is 3.90. The predicted octanol–water partition coefficient (Wildman–Crippen LogP) is 2.61. The third-order valence-electron chi connectivity index (χ3n) is 4.08. The number of hydrogen-bond acceptors (Lipinski definition) is 3. The number of nitrogens with one attached hydrogen (secondary N) is 1. The molecule has 2 heterocycles. The number of hydrogen-bond donors (Lipinski definition) is 1. The molecule has 0 saturated carbocycles. The van der Waals surface area contributed by atoms with Crippen molar-refractivity contribution in [2.45, 2.75) is 24.5 Å². The van der Waals surface area contributed by atoms with E-state index in [1.165, 1.54) is 5.56 Å². The molecule has 0 amide bonds. The second kappa shape index (κ2) is 4.84. The van der Waals surface area contributed by atoms with Crippen molar-refractivity contribution in [2.24, 2.45) is 5.92 Å². The lowest BCUT2D eigenvalue weighted by atomic mass is 9.73. The molecule has 2 fully saturated rings. The lowest BCUT2D eigenvalue weighted by molar-refractivity contribution is -0.0857. The van der Waals surface area contributed by atoms with E-state index in [0.717, 1.165) is 26.1 Å². The summed E-state index contributed by atoms with van der Waals surface area (Å²) in [5.41, 5.74) is 4.28. The highest BCUT2D eigenvalue weighted by Gasteiger charge is 2.52. The highest BCUT2D eigenvalue weighted by molar-refractivity contribution is 5.24. The van der Waals surface area contributed by atoms with E-state index in [1.807, 2.05) is 12.1 Å². The first-order chi connectivity index (χ1) is 8.87. The smallest absolute Gasteiger partial charge is 0.103 e. The maximum absolute atomic E-state index is 6.04. The molecule has 0 aromatic heterocycles. The number of ether oxygens (including phenoxy) is 1. The normalized spacial score (nSPS) is 35.1. The lowest BCUT2D eigenvalue weighted by Gasteiger charge is -2.43. The van der Waals surface area contributed by atoms with Crippen molar-refractivity contribution < 1.29 is 9.57 Å². The van der Waals surface area contributed by atoms with Gasteiger partial charge in [0.05, 0.1) is 12.1 Å². The third kappa shape index (κ3) is 1.79. The lowest BCUT2D eigenvalue weighted by Crippen LogP contribution is -2.53. The second-order valence-corrected chi connectivity index (χ2v) is 5.09. The van der Waals surface area contributed by atoms with E-state index in [2.05, 4.69) is 36.3 Å². The van der Waals surface area contributed by atoms with Gasteiger partial charge in [-0.2, -0.15) is 5.48 Å². The third-order valence-corrected chi connectivity index (χ3v) is 4.08. The van der Waals surface area contributed by atoms with Crippen LogP contribution in [-0.4, -0.2) is 18.8 Å². The first-order valence-electron chi connectivity index (χ1n) is 6.53. The first kappa shape index (κ1) is 11.9. The molecule has 2 saturated heterocycles. The van der Waals surface area contributed by atoms with Gasteiger partial charge in [-0.25, -0.2) is 0 Å². The molecule has 0 bridgehead atoms. The van der Waals surface area contributed by atoms with Gasteiger partial charge < -0.3 is 9.57 Å². The van der Waals surface area contributed by atoms with Gasteiger partial charge in [0.1, 0.15) is 6.10 Å². The molecule has 3 atom stereocenters.